The molecule has 1 heterocycles. The molecule has 0 atom stereocenters. The molecule has 18 heavy (non-hydrogen) atoms. The Morgan fingerprint density at radius 2 is 2.00 bits per heavy atom. The van der Waals surface area contributed by atoms with E-state index in [4.69, 9.17) is 17.3 Å². The van der Waals surface area contributed by atoms with Crippen molar-refractivity contribution in [2.75, 3.05) is 30.0 Å². The van der Waals surface area contributed by atoms with Gasteiger partial charge < -0.3 is 16.0 Å². The van der Waals surface area contributed by atoms with Crippen molar-refractivity contribution in [3.63, 3.8) is 0 Å². The number of hydrogen-bond acceptors (Lipinski definition) is 4. The maximum Gasteiger partial charge on any atom is 0.155 e. The maximum atomic E-state index is 5.85. The van der Waals surface area contributed by atoms with E-state index in [0.717, 1.165) is 11.4 Å². The van der Waals surface area contributed by atoms with E-state index < -0.39 is 0 Å². The highest BCUT2D eigenvalue weighted by Crippen LogP contribution is 2.25. The van der Waals surface area contributed by atoms with Crippen molar-refractivity contribution in [1.82, 2.24) is 4.98 Å². The van der Waals surface area contributed by atoms with Gasteiger partial charge in [-0.05, 0) is 30.3 Å². The first-order valence-corrected chi connectivity index (χ1v) is 5.90. The number of nitrogens with two attached hydrogens (primary N) is 1. The number of halogens is 1. The van der Waals surface area contributed by atoms with E-state index in [1.54, 1.807) is 12.1 Å². The maximum absolute atomic E-state index is 5.85. The van der Waals surface area contributed by atoms with Crippen molar-refractivity contribution in [1.29, 1.82) is 0 Å². The molecule has 0 spiro atoms. The Morgan fingerprint density at radius 3 is 2.72 bits per heavy atom. The number of anilines is 4. The van der Waals surface area contributed by atoms with Gasteiger partial charge in [-0.1, -0.05) is 17.7 Å². The molecule has 0 amide bonds. The van der Waals surface area contributed by atoms with Gasteiger partial charge in [0.25, 0.3) is 0 Å². The normalized spacial score (nSPS) is 10.2. The number of aromatic nitrogens is 1. The van der Waals surface area contributed by atoms with E-state index >= 15 is 0 Å². The van der Waals surface area contributed by atoms with E-state index in [2.05, 4.69) is 10.3 Å². The lowest BCUT2D eigenvalue weighted by molar-refractivity contribution is 1.13. The molecule has 0 saturated carbocycles. The highest BCUT2D eigenvalue weighted by Gasteiger charge is 2.03. The van der Waals surface area contributed by atoms with Crippen molar-refractivity contribution in [3.8, 4) is 0 Å². The van der Waals surface area contributed by atoms with Gasteiger partial charge in [0.05, 0.1) is 5.69 Å². The summed E-state index contributed by atoms with van der Waals surface area (Å²) >= 11 is 5.85. The van der Waals surface area contributed by atoms with E-state index in [1.807, 2.05) is 43.3 Å². The lowest BCUT2D eigenvalue weighted by Crippen LogP contribution is -2.08. The molecule has 0 bridgehead atoms. The van der Waals surface area contributed by atoms with Crippen molar-refractivity contribution in [2.24, 2.45) is 0 Å². The van der Waals surface area contributed by atoms with Crippen LogP contribution in [0.25, 0.3) is 0 Å². The molecule has 0 aliphatic heterocycles. The van der Waals surface area contributed by atoms with E-state index in [-0.39, 0.29) is 0 Å². The third-order valence-corrected chi connectivity index (χ3v) is 2.73. The fraction of sp³-hybridized carbons (Fsp3) is 0.154. The first-order valence-electron chi connectivity index (χ1n) is 5.52. The SMILES string of the molecule is CN(C)c1cccc(Nc2nc(Cl)ccc2N)c1. The summed E-state index contributed by atoms with van der Waals surface area (Å²) in [6, 6.07) is 11.4. The smallest absolute Gasteiger partial charge is 0.155 e. The van der Waals surface area contributed by atoms with E-state index in [0.29, 0.717) is 16.7 Å². The molecule has 5 heteroatoms. The summed E-state index contributed by atoms with van der Waals surface area (Å²) < 4.78 is 0. The number of nitrogens with zero attached hydrogens (tertiary/aromatic N) is 2. The molecule has 0 saturated heterocycles. The van der Waals surface area contributed by atoms with Crippen molar-refractivity contribution < 1.29 is 0 Å². The second-order valence-corrected chi connectivity index (χ2v) is 4.53. The van der Waals surface area contributed by atoms with Crippen molar-refractivity contribution >= 4 is 34.5 Å². The summed E-state index contributed by atoms with van der Waals surface area (Å²) in [4.78, 5) is 6.19. The number of benzene rings is 1. The number of pyridine rings is 1. The van der Waals surface area contributed by atoms with Gasteiger partial charge in [-0.15, -0.1) is 0 Å². The molecule has 0 unspecified atom stereocenters. The predicted molar refractivity (Wildman–Crippen MR) is 77.7 cm³/mol. The Kier molecular flexibility index (Phi) is 3.58. The number of rotatable bonds is 3. The summed E-state index contributed by atoms with van der Waals surface area (Å²) in [5, 5.41) is 3.57. The highest BCUT2D eigenvalue weighted by atomic mass is 35.5. The molecular formula is C13H15ClN4. The topological polar surface area (TPSA) is 54.2 Å². The summed E-state index contributed by atoms with van der Waals surface area (Å²) in [5.74, 6) is 0.568. The van der Waals surface area contributed by atoms with Crippen LogP contribution in [0, 0.1) is 0 Å². The van der Waals surface area contributed by atoms with Crippen LogP contribution >= 0.6 is 11.6 Å². The van der Waals surface area contributed by atoms with Crippen LogP contribution in [-0.4, -0.2) is 19.1 Å². The molecule has 0 aliphatic carbocycles. The van der Waals surface area contributed by atoms with E-state index in [1.165, 1.54) is 0 Å². The molecule has 1 aromatic heterocycles. The summed E-state index contributed by atoms with van der Waals surface area (Å²) in [6.45, 7) is 0. The van der Waals surface area contributed by atoms with Gasteiger partial charge in [-0.3, -0.25) is 0 Å². The van der Waals surface area contributed by atoms with Crippen LogP contribution < -0.4 is 16.0 Å². The van der Waals surface area contributed by atoms with Crippen LogP contribution in [-0.2, 0) is 0 Å². The second-order valence-electron chi connectivity index (χ2n) is 4.14. The Hall–Kier alpha value is -1.94. The summed E-state index contributed by atoms with van der Waals surface area (Å²) in [7, 11) is 3.98. The molecule has 2 aromatic rings. The molecular weight excluding hydrogens is 248 g/mol. The lowest BCUT2D eigenvalue weighted by atomic mass is 10.2. The average Bonchev–Trinajstić information content (AvgIpc) is 2.34. The van der Waals surface area contributed by atoms with Crippen LogP contribution in [0.15, 0.2) is 36.4 Å². The fourth-order valence-corrected chi connectivity index (χ4v) is 1.69. The van der Waals surface area contributed by atoms with Crippen LogP contribution in [0.2, 0.25) is 5.15 Å². The largest absolute Gasteiger partial charge is 0.396 e. The van der Waals surface area contributed by atoms with Gasteiger partial charge in [0.15, 0.2) is 5.82 Å². The molecule has 3 N–H and O–H groups in total. The number of nitrogen functional groups attached to an aromatic ring is 1. The minimum atomic E-state index is 0.412. The number of nitrogens with one attached hydrogen (secondary N) is 1. The zero-order chi connectivity index (χ0) is 13.1. The highest BCUT2D eigenvalue weighted by molar-refractivity contribution is 6.29. The molecule has 0 aliphatic rings. The van der Waals surface area contributed by atoms with Crippen LogP contribution in [0.1, 0.15) is 0 Å². The molecule has 0 radical (unpaired) electrons. The second kappa shape index (κ2) is 5.14. The zero-order valence-electron chi connectivity index (χ0n) is 10.3. The van der Waals surface area contributed by atoms with Gasteiger partial charge in [0.1, 0.15) is 5.15 Å². The lowest BCUT2D eigenvalue weighted by Gasteiger charge is -2.14. The molecule has 0 fully saturated rings. The van der Waals surface area contributed by atoms with Crippen LogP contribution in [0.3, 0.4) is 0 Å². The third kappa shape index (κ3) is 2.84. The minimum Gasteiger partial charge on any atom is -0.396 e. The predicted octanol–water partition coefficient (Wildman–Crippen LogP) is 3.13. The van der Waals surface area contributed by atoms with Gasteiger partial charge >= 0.3 is 0 Å². The first-order chi connectivity index (χ1) is 8.56. The molecule has 1 aromatic carbocycles. The Balaban J connectivity index is 2.28. The van der Waals surface area contributed by atoms with Gasteiger partial charge in [0, 0.05) is 25.5 Å². The summed E-state index contributed by atoms with van der Waals surface area (Å²) in [6.07, 6.45) is 0. The third-order valence-electron chi connectivity index (χ3n) is 2.52. The molecule has 2 rings (SSSR count). The standard InChI is InChI=1S/C13H15ClN4/c1-18(2)10-5-3-4-9(8-10)16-13-11(15)6-7-12(14)17-13/h3-8H,15H2,1-2H3,(H,16,17). The monoisotopic (exact) mass is 262 g/mol. The van der Waals surface area contributed by atoms with Crippen molar-refractivity contribution in [3.05, 3.63) is 41.6 Å². The Morgan fingerprint density at radius 1 is 1.22 bits per heavy atom. The Bertz CT molecular complexity index is 554. The zero-order valence-corrected chi connectivity index (χ0v) is 11.1. The molecule has 94 valence electrons. The van der Waals surface area contributed by atoms with Crippen molar-refractivity contribution in [2.45, 2.75) is 0 Å². The first kappa shape index (κ1) is 12.5. The summed E-state index contributed by atoms with van der Waals surface area (Å²) in [5.41, 5.74) is 8.42. The van der Waals surface area contributed by atoms with Gasteiger partial charge in [-0.25, -0.2) is 4.98 Å². The number of hydrogen-bond donors (Lipinski definition) is 2. The van der Waals surface area contributed by atoms with E-state index in [9.17, 15) is 0 Å². The average molecular weight is 263 g/mol. The minimum absolute atomic E-state index is 0.412. The Labute approximate surface area is 111 Å². The van der Waals surface area contributed by atoms with Crippen LogP contribution in [0.5, 0.6) is 0 Å². The quantitative estimate of drug-likeness (QED) is 0.835. The van der Waals surface area contributed by atoms with Crippen LogP contribution in [0.4, 0.5) is 22.9 Å². The van der Waals surface area contributed by atoms with Gasteiger partial charge in [-0.2, -0.15) is 0 Å². The fourth-order valence-electron chi connectivity index (χ4n) is 1.54. The molecule has 4 nitrogen and oxygen atoms in total. The van der Waals surface area contributed by atoms with Gasteiger partial charge in [0.2, 0.25) is 0 Å².